The van der Waals surface area contributed by atoms with Crippen LogP contribution in [0.1, 0.15) is 32.3 Å². The normalized spacial score (nSPS) is 13.6. The number of nitrogens with one attached hydrogen (secondary N) is 2. The Bertz CT molecular complexity index is 885. The first-order valence-corrected chi connectivity index (χ1v) is 15.2. The molecule has 3 N–H and O–H groups in total. The third-order valence-electron chi connectivity index (χ3n) is 5.09. The van der Waals surface area contributed by atoms with E-state index in [4.69, 9.17) is 9.47 Å². The van der Waals surface area contributed by atoms with Crippen LogP contribution in [0.2, 0.25) is 25.7 Å². The Kier molecular flexibility index (Phi) is 12.1. The van der Waals surface area contributed by atoms with Crippen molar-refractivity contribution in [3.8, 4) is 0 Å². The van der Waals surface area contributed by atoms with Gasteiger partial charge in [-0.1, -0.05) is 56.9 Å². The Labute approximate surface area is 206 Å². The topological polar surface area (TPSA) is 148 Å². The van der Waals surface area contributed by atoms with E-state index in [1.807, 2.05) is 18.2 Å². The highest BCUT2D eigenvalue weighted by Crippen LogP contribution is 2.10. The molecular weight excluding hydrogens is 472 g/mol. The number of carboxylic acid groups (broad SMARTS) is 1. The zero-order valence-corrected chi connectivity index (χ0v) is 22.0. The van der Waals surface area contributed by atoms with Gasteiger partial charge in [0.2, 0.25) is 5.91 Å². The molecule has 1 rings (SSSR count). The molecule has 0 heterocycles. The molecule has 2 amide bonds. The number of carbonyl (C=O) groups excluding carboxylic acids is 4. The number of ketones is 1. The second kappa shape index (κ2) is 14.2. The van der Waals surface area contributed by atoms with Crippen LogP contribution in [0.15, 0.2) is 30.3 Å². The molecule has 194 valence electrons. The van der Waals surface area contributed by atoms with Gasteiger partial charge in [0.1, 0.15) is 12.6 Å². The fourth-order valence-corrected chi connectivity index (χ4v) is 3.52. The molecule has 0 fully saturated rings. The molecule has 0 saturated carbocycles. The summed E-state index contributed by atoms with van der Waals surface area (Å²) in [5.41, 5.74) is 0.792. The maximum Gasteiger partial charge on any atom is 0.408 e. The van der Waals surface area contributed by atoms with Crippen LogP contribution in [0.3, 0.4) is 0 Å². The van der Waals surface area contributed by atoms with E-state index in [1.165, 1.54) is 13.8 Å². The van der Waals surface area contributed by atoms with Gasteiger partial charge >= 0.3 is 18.0 Å². The second-order valence-electron chi connectivity index (χ2n) is 9.63. The van der Waals surface area contributed by atoms with Gasteiger partial charge in [-0.2, -0.15) is 0 Å². The van der Waals surface area contributed by atoms with E-state index in [2.05, 4.69) is 30.3 Å². The highest BCUT2D eigenvalue weighted by molar-refractivity contribution is 6.76. The summed E-state index contributed by atoms with van der Waals surface area (Å²) >= 11 is 0. The highest BCUT2D eigenvalue weighted by atomic mass is 28.3. The van der Waals surface area contributed by atoms with Crippen molar-refractivity contribution in [2.75, 3.05) is 6.61 Å². The number of carboxylic acids is 1. The van der Waals surface area contributed by atoms with Gasteiger partial charge in [-0.3, -0.25) is 14.4 Å². The third kappa shape index (κ3) is 12.7. The van der Waals surface area contributed by atoms with E-state index >= 15 is 0 Å². The standard InChI is InChI=1S/C24H36N2O8Si/c1-16(13-20(27)17(2)25-24(32)34-15-18-9-7-6-8-10-18)22(29)26-19(23(30)31)14-21(28)33-11-12-35(3,4)5/h6-10,16-17,19H,11-15H2,1-5H3,(H,25,32)(H,26,29)(H,30,31)/t16-,17-,19-/m0/s1. The zero-order valence-electron chi connectivity index (χ0n) is 21.0. The molecule has 0 aliphatic carbocycles. The zero-order chi connectivity index (χ0) is 26.6. The molecule has 10 nitrogen and oxygen atoms in total. The van der Waals surface area contributed by atoms with Crippen molar-refractivity contribution in [3.05, 3.63) is 35.9 Å². The quantitative estimate of drug-likeness (QED) is 0.257. The lowest BCUT2D eigenvalue weighted by molar-refractivity contribution is -0.150. The molecule has 0 aromatic heterocycles. The number of benzene rings is 1. The number of alkyl carbamates (subject to hydrolysis) is 1. The minimum atomic E-state index is -1.47. The molecule has 3 atom stereocenters. The average Bonchev–Trinajstić information content (AvgIpc) is 2.76. The Balaban J connectivity index is 2.48. The van der Waals surface area contributed by atoms with E-state index < -0.39 is 62.2 Å². The molecule has 0 unspecified atom stereocenters. The Morgan fingerprint density at radius 2 is 1.57 bits per heavy atom. The van der Waals surface area contributed by atoms with Crippen LogP contribution in [0.4, 0.5) is 4.79 Å². The van der Waals surface area contributed by atoms with Gasteiger partial charge in [0.25, 0.3) is 0 Å². The fraction of sp³-hybridized carbons (Fsp3) is 0.542. The van der Waals surface area contributed by atoms with Crippen molar-refractivity contribution in [1.29, 1.82) is 0 Å². The fourth-order valence-electron chi connectivity index (χ4n) is 2.80. The van der Waals surface area contributed by atoms with E-state index in [0.717, 1.165) is 11.6 Å². The minimum Gasteiger partial charge on any atom is -0.480 e. The van der Waals surface area contributed by atoms with Crippen LogP contribution >= 0.6 is 0 Å². The summed E-state index contributed by atoms with van der Waals surface area (Å²) in [6.07, 6.45) is -1.53. The van der Waals surface area contributed by atoms with Crippen molar-refractivity contribution < 1.29 is 38.6 Å². The van der Waals surface area contributed by atoms with Crippen LogP contribution < -0.4 is 10.6 Å². The van der Waals surface area contributed by atoms with Crippen molar-refractivity contribution in [1.82, 2.24) is 10.6 Å². The first kappa shape index (κ1) is 29.8. The first-order valence-electron chi connectivity index (χ1n) is 11.5. The van der Waals surface area contributed by atoms with Gasteiger partial charge in [-0.05, 0) is 18.5 Å². The monoisotopic (exact) mass is 508 g/mol. The molecule has 0 aliphatic rings. The van der Waals surface area contributed by atoms with Crippen molar-refractivity contribution in [2.45, 2.75) is 71.1 Å². The molecule has 35 heavy (non-hydrogen) atoms. The second-order valence-corrected chi connectivity index (χ2v) is 15.3. The summed E-state index contributed by atoms with van der Waals surface area (Å²) in [7, 11) is -1.41. The number of esters is 1. The predicted octanol–water partition coefficient (Wildman–Crippen LogP) is 2.74. The molecular formula is C24H36N2O8Si. The lowest BCUT2D eigenvalue weighted by Crippen LogP contribution is -2.46. The first-order chi connectivity index (χ1) is 16.3. The van der Waals surface area contributed by atoms with Crippen LogP contribution in [0.5, 0.6) is 0 Å². The summed E-state index contributed by atoms with van der Waals surface area (Å²) in [5.74, 6) is -4.10. The molecule has 1 aromatic carbocycles. The molecule has 0 aliphatic heterocycles. The lowest BCUT2D eigenvalue weighted by atomic mass is 9.99. The summed E-state index contributed by atoms with van der Waals surface area (Å²) in [6, 6.07) is 7.39. The van der Waals surface area contributed by atoms with Crippen molar-refractivity contribution in [3.63, 3.8) is 0 Å². The van der Waals surface area contributed by atoms with Gasteiger partial charge in [-0.25, -0.2) is 9.59 Å². The van der Waals surface area contributed by atoms with Crippen LogP contribution in [-0.4, -0.2) is 61.6 Å². The maximum atomic E-state index is 12.4. The van der Waals surface area contributed by atoms with Gasteiger partial charge in [0.15, 0.2) is 5.78 Å². The third-order valence-corrected chi connectivity index (χ3v) is 6.79. The van der Waals surface area contributed by atoms with Crippen LogP contribution in [-0.2, 0) is 35.3 Å². The van der Waals surface area contributed by atoms with Gasteiger partial charge in [0, 0.05) is 20.4 Å². The molecule has 11 heteroatoms. The molecule has 1 aromatic rings. The van der Waals surface area contributed by atoms with E-state index in [9.17, 15) is 29.1 Å². The largest absolute Gasteiger partial charge is 0.480 e. The molecule has 0 spiro atoms. The summed E-state index contributed by atoms with van der Waals surface area (Å²) in [6.45, 7) is 9.53. The molecule has 0 saturated heterocycles. The highest BCUT2D eigenvalue weighted by Gasteiger charge is 2.28. The lowest BCUT2D eigenvalue weighted by Gasteiger charge is -2.19. The van der Waals surface area contributed by atoms with Crippen LogP contribution in [0.25, 0.3) is 0 Å². The minimum absolute atomic E-state index is 0.0452. The maximum absolute atomic E-state index is 12.4. The SMILES string of the molecule is C[C@H](NC(=O)OCc1ccccc1)C(=O)C[C@H](C)C(=O)N[C@@H](CC(=O)OCC[Si](C)(C)C)C(=O)O. The average molecular weight is 509 g/mol. The van der Waals surface area contributed by atoms with E-state index in [-0.39, 0.29) is 19.6 Å². The number of rotatable bonds is 14. The number of ether oxygens (including phenoxy) is 2. The van der Waals surface area contributed by atoms with Gasteiger partial charge in [0.05, 0.1) is 19.1 Å². The number of hydrogen-bond acceptors (Lipinski definition) is 7. The Morgan fingerprint density at radius 3 is 2.14 bits per heavy atom. The van der Waals surface area contributed by atoms with E-state index in [0.29, 0.717) is 0 Å². The Hall–Kier alpha value is -3.21. The molecule has 0 radical (unpaired) electrons. The summed E-state index contributed by atoms with van der Waals surface area (Å²) < 4.78 is 10.2. The predicted molar refractivity (Wildman–Crippen MR) is 131 cm³/mol. The van der Waals surface area contributed by atoms with Crippen LogP contribution in [0, 0.1) is 5.92 Å². The number of amides is 2. The van der Waals surface area contributed by atoms with E-state index in [1.54, 1.807) is 12.1 Å². The van der Waals surface area contributed by atoms with Crippen molar-refractivity contribution >= 4 is 37.8 Å². The number of Topliss-reactive ketones (excluding diaryl/α,β-unsaturated/α-hetero) is 1. The number of carbonyl (C=O) groups is 5. The van der Waals surface area contributed by atoms with Gasteiger partial charge < -0.3 is 25.2 Å². The molecule has 0 bridgehead atoms. The smallest absolute Gasteiger partial charge is 0.408 e. The summed E-state index contributed by atoms with van der Waals surface area (Å²) in [4.78, 5) is 60.3. The summed E-state index contributed by atoms with van der Waals surface area (Å²) in [5, 5.41) is 14.1. The number of aliphatic carboxylic acids is 1. The Morgan fingerprint density at radius 1 is 0.943 bits per heavy atom. The van der Waals surface area contributed by atoms with Crippen molar-refractivity contribution in [2.24, 2.45) is 5.92 Å². The van der Waals surface area contributed by atoms with Gasteiger partial charge in [-0.15, -0.1) is 0 Å². The number of hydrogen-bond donors (Lipinski definition) is 3.